The lowest BCUT2D eigenvalue weighted by Crippen LogP contribution is -2.35. The van der Waals surface area contributed by atoms with E-state index in [-0.39, 0.29) is 0 Å². The smallest absolute Gasteiger partial charge is 0.198 e. The van der Waals surface area contributed by atoms with Crippen LogP contribution in [0, 0.1) is 20.8 Å². The van der Waals surface area contributed by atoms with Crippen LogP contribution in [0.25, 0.3) is 22.0 Å². The molecule has 0 bridgehead atoms. The molecule has 0 amide bonds. The van der Waals surface area contributed by atoms with Crippen molar-refractivity contribution >= 4 is 10.8 Å². The van der Waals surface area contributed by atoms with Crippen molar-refractivity contribution < 1.29 is 4.57 Å². The molecule has 0 saturated carbocycles. The van der Waals surface area contributed by atoms with Crippen LogP contribution in [-0.2, 0) is 7.05 Å². The van der Waals surface area contributed by atoms with Gasteiger partial charge in [0.1, 0.15) is 7.05 Å². The second-order valence-electron chi connectivity index (χ2n) is 6.95. The summed E-state index contributed by atoms with van der Waals surface area (Å²) in [5, 5.41) is 2.63. The van der Waals surface area contributed by atoms with E-state index in [9.17, 15) is 0 Å². The molecule has 0 aliphatic carbocycles. The molecular formula is C22H26N+. The first-order chi connectivity index (χ1) is 10.9. The lowest BCUT2D eigenvalue weighted by Gasteiger charge is -2.15. The van der Waals surface area contributed by atoms with Crippen LogP contribution in [0.3, 0.4) is 0 Å². The Labute approximate surface area is 139 Å². The zero-order valence-corrected chi connectivity index (χ0v) is 15.1. The molecule has 1 heteroatoms. The van der Waals surface area contributed by atoms with Gasteiger partial charge in [-0.05, 0) is 54.0 Å². The molecule has 0 spiro atoms. The number of pyridine rings is 1. The first-order valence-electron chi connectivity index (χ1n) is 8.40. The Morgan fingerprint density at radius 3 is 2.30 bits per heavy atom. The van der Waals surface area contributed by atoms with Crippen LogP contribution < -0.4 is 4.57 Å². The summed E-state index contributed by atoms with van der Waals surface area (Å²) in [4.78, 5) is 0. The van der Waals surface area contributed by atoms with E-state index in [2.05, 4.69) is 88.7 Å². The molecule has 0 saturated heterocycles. The molecule has 1 nitrogen and oxygen atoms in total. The lowest BCUT2D eigenvalue weighted by molar-refractivity contribution is -0.665. The second-order valence-corrected chi connectivity index (χ2v) is 6.95. The molecular weight excluding hydrogens is 278 g/mol. The van der Waals surface area contributed by atoms with Crippen LogP contribution in [0.15, 0.2) is 42.5 Å². The topological polar surface area (TPSA) is 3.88 Å². The molecule has 0 unspecified atom stereocenters. The monoisotopic (exact) mass is 304 g/mol. The van der Waals surface area contributed by atoms with Gasteiger partial charge in [0.25, 0.3) is 0 Å². The number of hydrogen-bond donors (Lipinski definition) is 0. The number of aryl methyl sites for hydroxylation is 2. The van der Waals surface area contributed by atoms with E-state index in [1.165, 1.54) is 44.4 Å². The summed E-state index contributed by atoms with van der Waals surface area (Å²) >= 11 is 0. The van der Waals surface area contributed by atoms with Crippen LogP contribution in [0.4, 0.5) is 0 Å². The van der Waals surface area contributed by atoms with Crippen LogP contribution in [-0.4, -0.2) is 0 Å². The summed E-state index contributed by atoms with van der Waals surface area (Å²) in [6, 6.07) is 15.7. The molecule has 1 aromatic heterocycles. The van der Waals surface area contributed by atoms with E-state index in [1.807, 2.05) is 0 Å². The zero-order valence-electron chi connectivity index (χ0n) is 15.1. The molecule has 3 aromatic rings. The Kier molecular flexibility index (Phi) is 3.97. The lowest BCUT2D eigenvalue weighted by atomic mass is 9.90. The van der Waals surface area contributed by atoms with Crippen molar-refractivity contribution in [3.63, 3.8) is 0 Å². The van der Waals surface area contributed by atoms with Gasteiger partial charge in [-0.15, -0.1) is 0 Å². The Balaban J connectivity index is 2.44. The highest BCUT2D eigenvalue weighted by Crippen LogP contribution is 2.32. The molecule has 0 aliphatic rings. The van der Waals surface area contributed by atoms with Crippen LogP contribution in [0.1, 0.15) is 42.1 Å². The first kappa shape index (κ1) is 15.7. The van der Waals surface area contributed by atoms with E-state index in [0.29, 0.717) is 5.92 Å². The predicted molar refractivity (Wildman–Crippen MR) is 98.9 cm³/mol. The summed E-state index contributed by atoms with van der Waals surface area (Å²) in [5.41, 5.74) is 8.12. The number of aromatic nitrogens is 1. The predicted octanol–water partition coefficient (Wildman–Crippen LogP) is 5.38. The number of benzene rings is 2. The minimum Gasteiger partial charge on any atom is -0.198 e. The molecule has 0 aliphatic heterocycles. The van der Waals surface area contributed by atoms with E-state index in [4.69, 9.17) is 0 Å². The number of hydrogen-bond acceptors (Lipinski definition) is 0. The highest BCUT2D eigenvalue weighted by atomic mass is 14.9. The minimum absolute atomic E-state index is 0.537. The maximum absolute atomic E-state index is 2.38. The molecule has 2 aromatic carbocycles. The fourth-order valence-corrected chi connectivity index (χ4v) is 3.31. The van der Waals surface area contributed by atoms with Crippen molar-refractivity contribution in [2.45, 2.75) is 40.5 Å². The van der Waals surface area contributed by atoms with Crippen LogP contribution in [0.2, 0.25) is 0 Å². The maximum atomic E-state index is 2.38. The minimum atomic E-state index is 0.537. The van der Waals surface area contributed by atoms with Gasteiger partial charge in [0.15, 0.2) is 5.69 Å². The van der Waals surface area contributed by atoms with Crippen molar-refractivity contribution in [3.05, 3.63) is 64.8 Å². The summed E-state index contributed by atoms with van der Waals surface area (Å²) in [6.07, 6.45) is 0. The summed E-state index contributed by atoms with van der Waals surface area (Å²) in [6.45, 7) is 11.2. The quantitative estimate of drug-likeness (QED) is 0.560. The number of fused-ring (bicyclic) bond motifs is 1. The van der Waals surface area contributed by atoms with Crippen molar-refractivity contribution in [2.24, 2.45) is 7.05 Å². The summed E-state index contributed by atoms with van der Waals surface area (Å²) in [7, 11) is 2.17. The average molecular weight is 304 g/mol. The third-order valence-corrected chi connectivity index (χ3v) is 5.06. The van der Waals surface area contributed by atoms with Gasteiger partial charge in [0, 0.05) is 13.0 Å². The Hall–Kier alpha value is -2.15. The van der Waals surface area contributed by atoms with Gasteiger partial charge in [0.05, 0.1) is 10.9 Å². The van der Waals surface area contributed by atoms with Crippen molar-refractivity contribution in [1.29, 1.82) is 0 Å². The molecule has 23 heavy (non-hydrogen) atoms. The van der Waals surface area contributed by atoms with Gasteiger partial charge in [-0.2, -0.15) is 4.57 Å². The van der Waals surface area contributed by atoms with E-state index in [1.54, 1.807) is 0 Å². The van der Waals surface area contributed by atoms with Crippen molar-refractivity contribution in [1.82, 2.24) is 0 Å². The van der Waals surface area contributed by atoms with Gasteiger partial charge >= 0.3 is 0 Å². The van der Waals surface area contributed by atoms with Gasteiger partial charge in [-0.25, -0.2) is 0 Å². The zero-order chi connectivity index (χ0) is 16.7. The van der Waals surface area contributed by atoms with E-state index >= 15 is 0 Å². The SMILES string of the molecule is Cc1cc(C(C)C)cc(-c2c3ccccc3cc(C)[n+]2C)c1C. The van der Waals surface area contributed by atoms with E-state index in [0.717, 1.165) is 0 Å². The Morgan fingerprint density at radius 1 is 0.913 bits per heavy atom. The molecule has 0 radical (unpaired) electrons. The average Bonchev–Trinajstić information content (AvgIpc) is 2.51. The molecule has 0 atom stereocenters. The van der Waals surface area contributed by atoms with Crippen LogP contribution in [0.5, 0.6) is 0 Å². The molecule has 3 rings (SSSR count). The highest BCUT2D eigenvalue weighted by molar-refractivity contribution is 5.94. The van der Waals surface area contributed by atoms with Gasteiger partial charge in [-0.1, -0.05) is 38.1 Å². The van der Waals surface area contributed by atoms with Gasteiger partial charge in [0.2, 0.25) is 5.69 Å². The van der Waals surface area contributed by atoms with Crippen molar-refractivity contribution in [2.75, 3.05) is 0 Å². The molecule has 0 N–H and O–H groups in total. The largest absolute Gasteiger partial charge is 0.220 e. The number of nitrogens with zero attached hydrogens (tertiary/aromatic N) is 1. The highest BCUT2D eigenvalue weighted by Gasteiger charge is 2.21. The normalized spacial score (nSPS) is 11.4. The molecule has 1 heterocycles. The third kappa shape index (κ3) is 2.65. The van der Waals surface area contributed by atoms with Gasteiger partial charge < -0.3 is 0 Å². The molecule has 118 valence electrons. The summed E-state index contributed by atoms with van der Waals surface area (Å²) < 4.78 is 2.33. The third-order valence-electron chi connectivity index (χ3n) is 5.06. The van der Waals surface area contributed by atoms with Crippen molar-refractivity contribution in [3.8, 4) is 11.3 Å². The fraction of sp³-hybridized carbons (Fsp3) is 0.318. The number of rotatable bonds is 2. The Morgan fingerprint density at radius 2 is 1.61 bits per heavy atom. The summed E-state index contributed by atoms with van der Waals surface area (Å²) in [5.74, 6) is 0.537. The van der Waals surface area contributed by atoms with Crippen LogP contribution >= 0.6 is 0 Å². The molecule has 0 fully saturated rings. The Bertz CT molecular complexity index is 888. The standard InChI is InChI=1S/C22H26N/c1-14(2)19-11-15(3)17(5)21(13-19)22-20-10-8-7-9-18(20)12-16(4)23(22)6/h7-14H,1-6H3/q+1. The first-order valence-corrected chi connectivity index (χ1v) is 8.40. The fourth-order valence-electron chi connectivity index (χ4n) is 3.31. The second kappa shape index (κ2) is 5.81. The van der Waals surface area contributed by atoms with Gasteiger partial charge in [-0.3, -0.25) is 0 Å². The van der Waals surface area contributed by atoms with E-state index < -0.39 is 0 Å². The maximum Gasteiger partial charge on any atom is 0.220 e.